The number of anilines is 2. The molecule has 9 heteroatoms. The van der Waals surface area contributed by atoms with Gasteiger partial charge >= 0.3 is 0 Å². The largest absolute Gasteiger partial charge is 0.485 e. The lowest BCUT2D eigenvalue weighted by atomic mass is 10.0. The van der Waals surface area contributed by atoms with Crippen LogP contribution in [0.4, 0.5) is 11.5 Å². The summed E-state index contributed by atoms with van der Waals surface area (Å²) in [6.45, 7) is 0.374. The van der Waals surface area contributed by atoms with E-state index in [0.717, 1.165) is 16.7 Å². The van der Waals surface area contributed by atoms with E-state index in [9.17, 15) is 4.79 Å². The van der Waals surface area contributed by atoms with E-state index in [2.05, 4.69) is 15.6 Å². The van der Waals surface area contributed by atoms with Gasteiger partial charge in [0.2, 0.25) is 6.17 Å². The Morgan fingerprint density at radius 3 is 2.53 bits per heavy atom. The molecule has 190 valence electrons. The van der Waals surface area contributed by atoms with E-state index in [1.165, 1.54) is 0 Å². The van der Waals surface area contributed by atoms with Crippen LogP contribution in [0.3, 0.4) is 0 Å². The summed E-state index contributed by atoms with van der Waals surface area (Å²) in [4.78, 5) is 24.2. The number of amides is 1. The quantitative estimate of drug-likeness (QED) is 0.316. The predicted molar refractivity (Wildman–Crippen MR) is 155 cm³/mol. The zero-order valence-electron chi connectivity index (χ0n) is 20.5. The second-order valence-corrected chi connectivity index (χ2v) is 9.37. The Hall–Kier alpha value is -4.27. The van der Waals surface area contributed by atoms with Crippen molar-refractivity contribution in [2.24, 2.45) is 4.99 Å². The van der Waals surface area contributed by atoms with Crippen LogP contribution in [0.15, 0.2) is 102 Å². The lowest BCUT2D eigenvalue weighted by molar-refractivity contribution is -0.119. The molecule has 0 radical (unpaired) electrons. The fraction of sp³-hybridized carbons (Fsp3) is 0.103. The SMILES string of the molecule is CN1C(=O)C(NC(=S)Nc2ncccc2OCc2ccccc2)N=C(c2ccccc2)c2cc(Cl)ccc21. The highest BCUT2D eigenvalue weighted by atomic mass is 35.5. The van der Waals surface area contributed by atoms with E-state index >= 15 is 0 Å². The first-order valence-corrected chi connectivity index (χ1v) is 12.7. The third kappa shape index (κ3) is 5.66. The molecule has 0 spiro atoms. The lowest BCUT2D eigenvalue weighted by Gasteiger charge is -2.22. The number of benzene rings is 3. The summed E-state index contributed by atoms with van der Waals surface area (Å²) in [7, 11) is 1.71. The van der Waals surface area contributed by atoms with Crippen LogP contribution in [-0.2, 0) is 11.4 Å². The average Bonchev–Trinajstić information content (AvgIpc) is 3.04. The molecule has 7 nitrogen and oxygen atoms in total. The number of pyridine rings is 1. The van der Waals surface area contributed by atoms with Gasteiger partial charge in [0.05, 0.1) is 11.4 Å². The van der Waals surface area contributed by atoms with Gasteiger partial charge in [0.1, 0.15) is 6.61 Å². The highest BCUT2D eigenvalue weighted by molar-refractivity contribution is 7.80. The van der Waals surface area contributed by atoms with Gasteiger partial charge in [-0.25, -0.2) is 9.98 Å². The van der Waals surface area contributed by atoms with Crippen LogP contribution in [-0.4, -0.2) is 34.9 Å². The van der Waals surface area contributed by atoms with E-state index in [4.69, 9.17) is 33.5 Å². The molecular formula is C29H24ClN5O2S. The zero-order valence-corrected chi connectivity index (χ0v) is 22.0. The number of hydrogen-bond acceptors (Lipinski definition) is 5. The van der Waals surface area contributed by atoms with Crippen LogP contribution in [0.25, 0.3) is 0 Å². The monoisotopic (exact) mass is 541 g/mol. The number of benzodiazepines with no additional fused rings is 1. The third-order valence-electron chi connectivity index (χ3n) is 5.95. The van der Waals surface area contributed by atoms with Crippen molar-refractivity contribution in [3.63, 3.8) is 0 Å². The van der Waals surface area contributed by atoms with E-state index in [0.29, 0.717) is 34.6 Å². The van der Waals surface area contributed by atoms with E-state index in [-0.39, 0.29) is 11.0 Å². The number of thiocarbonyl (C=S) groups is 1. The van der Waals surface area contributed by atoms with Crippen LogP contribution < -0.4 is 20.3 Å². The number of aromatic nitrogens is 1. The van der Waals surface area contributed by atoms with Gasteiger partial charge < -0.3 is 20.3 Å². The minimum Gasteiger partial charge on any atom is -0.485 e. The number of fused-ring (bicyclic) bond motifs is 1. The molecule has 5 rings (SSSR count). The van der Waals surface area contributed by atoms with Crippen LogP contribution >= 0.6 is 23.8 Å². The molecule has 0 saturated heterocycles. The summed E-state index contributed by atoms with van der Waals surface area (Å²) in [5, 5.41) is 6.84. The van der Waals surface area contributed by atoms with Gasteiger partial charge in [0, 0.05) is 29.4 Å². The maximum atomic E-state index is 13.5. The summed E-state index contributed by atoms with van der Waals surface area (Å²) in [5.74, 6) is 0.684. The summed E-state index contributed by atoms with van der Waals surface area (Å²) >= 11 is 11.9. The molecule has 2 heterocycles. The third-order valence-corrected chi connectivity index (χ3v) is 6.41. The first-order valence-electron chi connectivity index (χ1n) is 11.9. The number of ether oxygens (including phenoxy) is 1. The number of likely N-dealkylation sites (N-methyl/N-ethyl adjacent to an activating group) is 1. The molecule has 0 bridgehead atoms. The van der Waals surface area contributed by atoms with Gasteiger partial charge in [-0.15, -0.1) is 0 Å². The van der Waals surface area contributed by atoms with Gasteiger partial charge in [-0.2, -0.15) is 0 Å². The molecule has 1 amide bonds. The van der Waals surface area contributed by atoms with Crippen molar-refractivity contribution in [1.29, 1.82) is 0 Å². The van der Waals surface area contributed by atoms with Crippen molar-refractivity contribution in [1.82, 2.24) is 10.3 Å². The number of nitrogens with zero attached hydrogens (tertiary/aromatic N) is 3. The first kappa shape index (κ1) is 25.4. The molecule has 1 aliphatic heterocycles. The number of nitrogens with one attached hydrogen (secondary N) is 2. The minimum absolute atomic E-state index is 0.181. The van der Waals surface area contributed by atoms with Crippen molar-refractivity contribution < 1.29 is 9.53 Å². The fourth-order valence-electron chi connectivity index (χ4n) is 4.07. The topological polar surface area (TPSA) is 78.9 Å². The van der Waals surface area contributed by atoms with Crippen LogP contribution in [0, 0.1) is 0 Å². The fourth-order valence-corrected chi connectivity index (χ4v) is 4.45. The van der Waals surface area contributed by atoms with Crippen molar-refractivity contribution >= 4 is 52.1 Å². The first-order chi connectivity index (χ1) is 18.5. The number of aliphatic imine (C=N–C) groups is 1. The summed E-state index contributed by atoms with van der Waals surface area (Å²) in [6, 6.07) is 28.5. The number of halogens is 1. The maximum Gasteiger partial charge on any atom is 0.272 e. The molecule has 1 aromatic heterocycles. The molecule has 2 N–H and O–H groups in total. The molecule has 1 atom stereocenters. The molecule has 1 unspecified atom stereocenters. The number of hydrogen-bond donors (Lipinski definition) is 2. The molecule has 38 heavy (non-hydrogen) atoms. The molecule has 0 saturated carbocycles. The molecule has 4 aromatic rings. The van der Waals surface area contributed by atoms with E-state index in [1.54, 1.807) is 36.3 Å². The molecule has 0 fully saturated rings. The molecule has 1 aliphatic rings. The Labute approximate surface area is 231 Å². The highest BCUT2D eigenvalue weighted by Gasteiger charge is 2.30. The standard InChI is InChI=1S/C29H24ClN5O2S/c1-35-23-15-14-21(30)17-22(23)25(20-11-6-3-7-12-20)32-27(28(35)36)34-29(38)33-26-24(13-8-16-31-26)37-18-19-9-4-2-5-10-19/h2-17,27H,18H2,1H3,(H2,31,33,34,38). The number of carbonyl (C=O) groups excluding carboxylic acids is 1. The van der Waals surface area contributed by atoms with Gasteiger partial charge in [-0.05, 0) is 48.1 Å². The minimum atomic E-state index is -0.987. The second-order valence-electron chi connectivity index (χ2n) is 8.53. The molecule has 3 aromatic carbocycles. The van der Waals surface area contributed by atoms with E-state index < -0.39 is 6.17 Å². The smallest absolute Gasteiger partial charge is 0.272 e. The maximum absolute atomic E-state index is 13.5. The summed E-state index contributed by atoms with van der Waals surface area (Å²) < 4.78 is 5.97. The second kappa shape index (κ2) is 11.4. The number of carbonyl (C=O) groups is 1. The van der Waals surface area contributed by atoms with Gasteiger partial charge in [0.15, 0.2) is 16.7 Å². The Morgan fingerprint density at radius 1 is 1.03 bits per heavy atom. The van der Waals surface area contributed by atoms with Gasteiger partial charge in [-0.1, -0.05) is 72.3 Å². The lowest BCUT2D eigenvalue weighted by Crippen LogP contribution is -2.47. The van der Waals surface area contributed by atoms with Crippen LogP contribution in [0.5, 0.6) is 5.75 Å². The van der Waals surface area contributed by atoms with Crippen LogP contribution in [0.1, 0.15) is 16.7 Å². The number of rotatable bonds is 6. The Morgan fingerprint density at radius 2 is 1.76 bits per heavy atom. The highest BCUT2D eigenvalue weighted by Crippen LogP contribution is 2.30. The predicted octanol–water partition coefficient (Wildman–Crippen LogP) is 5.44. The van der Waals surface area contributed by atoms with Crippen LogP contribution in [0.2, 0.25) is 5.02 Å². The Kier molecular flexibility index (Phi) is 7.62. The summed E-state index contributed by atoms with van der Waals surface area (Å²) in [6.07, 6.45) is 0.649. The van der Waals surface area contributed by atoms with E-state index in [1.807, 2.05) is 72.8 Å². The van der Waals surface area contributed by atoms with Crippen molar-refractivity contribution in [2.45, 2.75) is 12.8 Å². The summed E-state index contributed by atoms with van der Waals surface area (Å²) in [5.41, 5.74) is 3.96. The Balaban J connectivity index is 1.40. The normalized spacial score (nSPS) is 14.7. The zero-order chi connectivity index (χ0) is 26.5. The van der Waals surface area contributed by atoms with Crippen molar-refractivity contribution in [3.8, 4) is 5.75 Å². The van der Waals surface area contributed by atoms with Crippen molar-refractivity contribution in [2.75, 3.05) is 17.3 Å². The molecule has 0 aliphatic carbocycles. The van der Waals surface area contributed by atoms with Crippen molar-refractivity contribution in [3.05, 3.63) is 119 Å². The average molecular weight is 542 g/mol. The molecular weight excluding hydrogens is 518 g/mol. The van der Waals surface area contributed by atoms with Gasteiger partial charge in [0.25, 0.3) is 5.91 Å². The Bertz CT molecular complexity index is 1500. The van der Waals surface area contributed by atoms with Gasteiger partial charge in [-0.3, -0.25) is 4.79 Å².